The second-order valence-corrected chi connectivity index (χ2v) is 8.22. The van der Waals surface area contributed by atoms with E-state index in [-0.39, 0.29) is 24.7 Å². The summed E-state index contributed by atoms with van der Waals surface area (Å²) in [5.74, 6) is -1.22. The van der Waals surface area contributed by atoms with Crippen LogP contribution in [0.1, 0.15) is 31.1 Å². The van der Waals surface area contributed by atoms with Gasteiger partial charge in [0.1, 0.15) is 30.4 Å². The maximum atomic E-state index is 13.0. The number of hydrogen-bond acceptors (Lipinski definition) is 7. The predicted octanol–water partition coefficient (Wildman–Crippen LogP) is 5.96. The number of anilines is 2. The van der Waals surface area contributed by atoms with Gasteiger partial charge in [0.25, 0.3) is 0 Å². The van der Waals surface area contributed by atoms with Crippen molar-refractivity contribution in [1.29, 1.82) is 0 Å². The van der Waals surface area contributed by atoms with E-state index < -0.39 is 18.3 Å². The van der Waals surface area contributed by atoms with Gasteiger partial charge >= 0.3 is 12.1 Å². The van der Waals surface area contributed by atoms with Gasteiger partial charge in [-0.3, -0.25) is 0 Å². The first kappa shape index (κ1) is 24.9. The lowest BCUT2D eigenvalue weighted by molar-refractivity contribution is -0.201. The summed E-state index contributed by atoms with van der Waals surface area (Å²) < 4.78 is 50.9. The van der Waals surface area contributed by atoms with E-state index in [1.165, 1.54) is 18.3 Å². The molecule has 1 aliphatic heterocycles. The molecule has 1 aromatic heterocycles. The number of nitrogens with one attached hydrogen (secondary N) is 1. The van der Waals surface area contributed by atoms with Gasteiger partial charge in [-0.2, -0.15) is 18.2 Å². The highest BCUT2D eigenvalue weighted by molar-refractivity contribution is 5.80. The minimum absolute atomic E-state index is 0.183. The maximum Gasteiger partial charge on any atom is 0.493 e. The SMILES string of the molecule is CC(C)=CCOc1cc(OCc2ccccc2)cc(C2Nc3ncccc3N2OC(=O)C(F)(F)F)c1. The van der Waals surface area contributed by atoms with Crippen molar-refractivity contribution in [3.63, 3.8) is 0 Å². The Bertz CT molecular complexity index is 1240. The van der Waals surface area contributed by atoms with Gasteiger partial charge in [-0.05, 0) is 49.8 Å². The number of pyridine rings is 1. The van der Waals surface area contributed by atoms with Gasteiger partial charge < -0.3 is 19.6 Å². The Kier molecular flexibility index (Phi) is 7.33. The molecule has 0 bridgehead atoms. The number of benzene rings is 2. The lowest BCUT2D eigenvalue weighted by atomic mass is 10.1. The van der Waals surface area contributed by atoms with Gasteiger partial charge in [0.15, 0.2) is 12.0 Å². The van der Waals surface area contributed by atoms with Crippen LogP contribution >= 0.6 is 0 Å². The number of ether oxygens (including phenoxy) is 2. The maximum absolute atomic E-state index is 13.0. The Balaban J connectivity index is 1.67. The Morgan fingerprint density at radius 2 is 1.78 bits per heavy atom. The van der Waals surface area contributed by atoms with Crippen molar-refractivity contribution in [3.8, 4) is 11.5 Å². The number of rotatable bonds is 8. The highest BCUT2D eigenvalue weighted by atomic mass is 19.4. The van der Waals surface area contributed by atoms with E-state index in [2.05, 4.69) is 10.3 Å². The lowest BCUT2D eigenvalue weighted by Gasteiger charge is -2.26. The number of nitrogens with zero attached hydrogens (tertiary/aromatic N) is 2. The number of hydroxylamine groups is 1. The Hall–Kier alpha value is -4.21. The molecule has 0 fully saturated rings. The summed E-state index contributed by atoms with van der Waals surface area (Å²) in [5, 5.41) is 3.86. The molecule has 0 spiro atoms. The fourth-order valence-electron chi connectivity index (χ4n) is 3.44. The van der Waals surface area contributed by atoms with Gasteiger partial charge in [0, 0.05) is 17.8 Å². The van der Waals surface area contributed by atoms with Crippen molar-refractivity contribution < 1.29 is 32.3 Å². The number of alkyl halides is 3. The van der Waals surface area contributed by atoms with Crippen LogP contribution in [0.25, 0.3) is 0 Å². The molecule has 1 atom stereocenters. The van der Waals surface area contributed by atoms with Gasteiger partial charge in [-0.1, -0.05) is 35.9 Å². The third-order valence-corrected chi connectivity index (χ3v) is 5.15. The molecule has 7 nitrogen and oxygen atoms in total. The molecular weight excluding hydrogens is 475 g/mol. The zero-order valence-corrected chi connectivity index (χ0v) is 19.6. The van der Waals surface area contributed by atoms with E-state index in [0.717, 1.165) is 16.2 Å². The number of halogens is 3. The number of carbonyl (C=O) groups is 1. The zero-order chi connectivity index (χ0) is 25.7. The van der Waals surface area contributed by atoms with Crippen LogP contribution in [0.4, 0.5) is 24.7 Å². The Labute approximate surface area is 206 Å². The molecule has 1 aliphatic rings. The van der Waals surface area contributed by atoms with E-state index in [9.17, 15) is 18.0 Å². The summed E-state index contributed by atoms with van der Waals surface area (Å²) in [6, 6.07) is 17.5. The third-order valence-electron chi connectivity index (χ3n) is 5.15. The Morgan fingerprint density at radius 3 is 2.47 bits per heavy atom. The lowest BCUT2D eigenvalue weighted by Crippen LogP contribution is -2.36. The van der Waals surface area contributed by atoms with Crippen LogP contribution in [0, 0.1) is 0 Å². The molecule has 10 heteroatoms. The summed E-state index contributed by atoms with van der Waals surface area (Å²) in [6.07, 6.45) is -2.81. The van der Waals surface area contributed by atoms with Crippen LogP contribution in [0.5, 0.6) is 11.5 Å². The molecule has 0 aliphatic carbocycles. The number of hydrogen-bond donors (Lipinski definition) is 1. The smallest absolute Gasteiger partial charge is 0.489 e. The van der Waals surface area contributed by atoms with Crippen molar-refractivity contribution in [2.45, 2.75) is 32.8 Å². The molecule has 3 aromatic rings. The first-order valence-electron chi connectivity index (χ1n) is 11.1. The van der Waals surface area contributed by atoms with Crippen LogP contribution in [0.15, 0.2) is 78.5 Å². The number of aromatic nitrogens is 1. The summed E-state index contributed by atoms with van der Waals surface area (Å²) >= 11 is 0. The van der Waals surface area contributed by atoms with Gasteiger partial charge in [0.2, 0.25) is 0 Å². The van der Waals surface area contributed by atoms with Crippen LogP contribution in [0.3, 0.4) is 0 Å². The van der Waals surface area contributed by atoms with E-state index in [1.807, 2.05) is 50.3 Å². The van der Waals surface area contributed by atoms with E-state index >= 15 is 0 Å². The van der Waals surface area contributed by atoms with Gasteiger partial charge in [0.05, 0.1) is 0 Å². The molecular formula is C26H24F3N3O4. The van der Waals surface area contributed by atoms with Crippen LogP contribution in [-0.4, -0.2) is 23.7 Å². The van der Waals surface area contributed by atoms with Crippen LogP contribution in [0.2, 0.25) is 0 Å². The minimum Gasteiger partial charge on any atom is -0.489 e. The summed E-state index contributed by atoms with van der Waals surface area (Å²) in [5.41, 5.74) is 2.63. The van der Waals surface area contributed by atoms with E-state index in [0.29, 0.717) is 17.1 Å². The molecule has 1 N–H and O–H groups in total. The average Bonchev–Trinajstić information content (AvgIpc) is 3.21. The first-order chi connectivity index (χ1) is 17.2. The number of fused-ring (bicyclic) bond motifs is 1. The third kappa shape index (κ3) is 6.07. The monoisotopic (exact) mass is 499 g/mol. The van der Waals surface area contributed by atoms with Gasteiger partial charge in [-0.25, -0.2) is 9.78 Å². The summed E-state index contributed by atoms with van der Waals surface area (Å²) in [6.45, 7) is 4.43. The van der Waals surface area contributed by atoms with E-state index in [4.69, 9.17) is 14.3 Å². The van der Waals surface area contributed by atoms with Crippen molar-refractivity contribution in [1.82, 2.24) is 4.98 Å². The highest BCUT2D eigenvalue weighted by Crippen LogP contribution is 2.42. The largest absolute Gasteiger partial charge is 0.493 e. The first-order valence-corrected chi connectivity index (χ1v) is 11.1. The molecule has 0 saturated heterocycles. The van der Waals surface area contributed by atoms with Gasteiger partial charge in [-0.15, -0.1) is 0 Å². The second kappa shape index (κ2) is 10.6. The highest BCUT2D eigenvalue weighted by Gasteiger charge is 2.45. The summed E-state index contributed by atoms with van der Waals surface area (Å²) in [4.78, 5) is 20.6. The fourth-order valence-corrected chi connectivity index (χ4v) is 3.44. The molecule has 0 amide bonds. The Morgan fingerprint density at radius 1 is 1.06 bits per heavy atom. The molecule has 188 valence electrons. The van der Waals surface area contributed by atoms with Crippen molar-refractivity contribution in [3.05, 3.63) is 89.6 Å². The van der Waals surface area contributed by atoms with Crippen LogP contribution < -0.4 is 19.9 Å². The van der Waals surface area contributed by atoms with Crippen molar-refractivity contribution in [2.24, 2.45) is 0 Å². The molecule has 2 heterocycles. The van der Waals surface area contributed by atoms with Crippen molar-refractivity contribution >= 4 is 17.5 Å². The molecule has 4 rings (SSSR count). The molecule has 36 heavy (non-hydrogen) atoms. The number of carbonyl (C=O) groups excluding carboxylic acids is 1. The zero-order valence-electron chi connectivity index (χ0n) is 19.6. The quantitative estimate of drug-likeness (QED) is 0.384. The number of allylic oxidation sites excluding steroid dienone is 1. The average molecular weight is 499 g/mol. The standard InChI is InChI=1S/C26H24F3N3O4/c1-17(2)10-12-34-20-13-19(14-21(15-20)35-16-18-7-4-3-5-8-18)24-31-23-22(9-6-11-30-23)32(24)36-25(33)26(27,28)29/h3-11,13-15,24H,12,16H2,1-2H3,(H,30,31). The predicted molar refractivity (Wildman–Crippen MR) is 127 cm³/mol. The minimum atomic E-state index is -5.17. The van der Waals surface area contributed by atoms with Crippen LogP contribution in [-0.2, 0) is 16.2 Å². The molecule has 0 radical (unpaired) electrons. The second-order valence-electron chi connectivity index (χ2n) is 8.22. The normalized spacial score (nSPS) is 14.5. The van der Waals surface area contributed by atoms with E-state index in [1.54, 1.807) is 18.2 Å². The molecule has 2 aromatic carbocycles. The molecule has 0 saturated carbocycles. The summed E-state index contributed by atoms with van der Waals surface area (Å²) in [7, 11) is 0. The molecule has 1 unspecified atom stereocenters. The van der Waals surface area contributed by atoms with Crippen molar-refractivity contribution in [2.75, 3.05) is 17.0 Å². The fraction of sp³-hybridized carbons (Fsp3) is 0.231. The topological polar surface area (TPSA) is 72.9 Å².